The molecule has 0 aliphatic heterocycles. The first kappa shape index (κ1) is 8.45. The van der Waals surface area contributed by atoms with Gasteiger partial charge in [0.05, 0.1) is 0 Å². The van der Waals surface area contributed by atoms with Crippen molar-refractivity contribution in [3.63, 3.8) is 0 Å². The Balaban J connectivity index is 2.54. The Morgan fingerprint density at radius 1 is 1.20 bits per heavy atom. The molecule has 1 heteroatoms. The molecule has 1 fully saturated rings. The minimum Gasteiger partial charge on any atom is -0.176 e. The molecule has 0 heterocycles. The van der Waals surface area contributed by atoms with Crippen molar-refractivity contribution in [2.75, 3.05) is 0 Å². The van der Waals surface area contributed by atoms with E-state index in [1.807, 2.05) is 0 Å². The molecule has 0 saturated heterocycles. The van der Waals surface area contributed by atoms with Gasteiger partial charge in [-0.25, -0.2) is 0 Å². The quantitative estimate of drug-likeness (QED) is 0.557. The normalized spacial score (nSPS) is 43.8. The zero-order valence-electron chi connectivity index (χ0n) is 7.17. The van der Waals surface area contributed by atoms with Gasteiger partial charge < -0.3 is 0 Å². The van der Waals surface area contributed by atoms with Gasteiger partial charge in [-0.15, -0.1) is 0 Å². The predicted molar refractivity (Wildman–Crippen MR) is 49.5 cm³/mol. The lowest BCUT2D eigenvalue weighted by Gasteiger charge is -2.22. The lowest BCUT2D eigenvalue weighted by molar-refractivity contribution is 0.346. The summed E-state index contributed by atoms with van der Waals surface area (Å²) in [6.07, 6.45) is 2.83. The van der Waals surface area contributed by atoms with E-state index in [2.05, 4.69) is 33.4 Å². The Kier molecular flexibility index (Phi) is 2.67. The van der Waals surface area contributed by atoms with Crippen LogP contribution >= 0.6 is 12.6 Å². The molecule has 0 radical (unpaired) electrons. The molecule has 0 amide bonds. The van der Waals surface area contributed by atoms with Crippen LogP contribution in [0.15, 0.2) is 0 Å². The van der Waals surface area contributed by atoms with Crippen LogP contribution in [0.5, 0.6) is 0 Å². The van der Waals surface area contributed by atoms with Gasteiger partial charge >= 0.3 is 0 Å². The van der Waals surface area contributed by atoms with Crippen LogP contribution in [0.25, 0.3) is 0 Å². The SMILES string of the molecule is CC(S)C1C(C)CCC1C. The molecule has 0 bridgehead atoms. The topological polar surface area (TPSA) is 0 Å². The molecule has 1 aliphatic carbocycles. The van der Waals surface area contributed by atoms with Crippen LogP contribution in [0.1, 0.15) is 33.6 Å². The molecule has 0 spiro atoms. The fourth-order valence-electron chi connectivity index (χ4n) is 2.42. The van der Waals surface area contributed by atoms with E-state index < -0.39 is 0 Å². The van der Waals surface area contributed by atoms with Gasteiger partial charge in [0.1, 0.15) is 0 Å². The molecule has 60 valence electrons. The molecular formula is C9H18S. The van der Waals surface area contributed by atoms with Crippen molar-refractivity contribution in [2.45, 2.75) is 38.9 Å². The fraction of sp³-hybridized carbons (Fsp3) is 1.00. The van der Waals surface area contributed by atoms with Crippen molar-refractivity contribution in [3.8, 4) is 0 Å². The van der Waals surface area contributed by atoms with Gasteiger partial charge in [-0.05, 0) is 17.8 Å². The summed E-state index contributed by atoms with van der Waals surface area (Å²) in [5, 5.41) is 0.590. The maximum Gasteiger partial charge on any atom is 0.00218 e. The van der Waals surface area contributed by atoms with Crippen LogP contribution in [-0.2, 0) is 0 Å². The highest BCUT2D eigenvalue weighted by atomic mass is 32.1. The summed E-state index contributed by atoms with van der Waals surface area (Å²) in [5.74, 6) is 2.67. The van der Waals surface area contributed by atoms with Gasteiger partial charge in [0.2, 0.25) is 0 Å². The molecular weight excluding hydrogens is 140 g/mol. The zero-order valence-corrected chi connectivity index (χ0v) is 8.07. The van der Waals surface area contributed by atoms with Crippen molar-refractivity contribution >= 4 is 12.6 Å². The average molecular weight is 158 g/mol. The van der Waals surface area contributed by atoms with Gasteiger partial charge in [-0.2, -0.15) is 12.6 Å². The van der Waals surface area contributed by atoms with E-state index in [9.17, 15) is 0 Å². The van der Waals surface area contributed by atoms with Crippen molar-refractivity contribution in [3.05, 3.63) is 0 Å². The highest BCUT2D eigenvalue weighted by Gasteiger charge is 2.32. The molecule has 0 aromatic rings. The van der Waals surface area contributed by atoms with Crippen molar-refractivity contribution in [2.24, 2.45) is 17.8 Å². The van der Waals surface area contributed by atoms with Gasteiger partial charge in [-0.3, -0.25) is 0 Å². The van der Waals surface area contributed by atoms with Crippen molar-refractivity contribution in [1.82, 2.24) is 0 Å². The van der Waals surface area contributed by atoms with Crippen LogP contribution < -0.4 is 0 Å². The van der Waals surface area contributed by atoms with Crippen LogP contribution in [0, 0.1) is 17.8 Å². The van der Waals surface area contributed by atoms with E-state index in [1.54, 1.807) is 0 Å². The van der Waals surface area contributed by atoms with E-state index in [4.69, 9.17) is 0 Å². The molecule has 1 aliphatic rings. The maximum atomic E-state index is 4.51. The van der Waals surface area contributed by atoms with Crippen LogP contribution in [0.4, 0.5) is 0 Å². The number of hydrogen-bond donors (Lipinski definition) is 1. The second-order valence-electron chi connectivity index (χ2n) is 3.85. The minimum atomic E-state index is 0.590. The van der Waals surface area contributed by atoms with Gasteiger partial charge in [-0.1, -0.05) is 33.6 Å². The molecule has 0 aromatic heterocycles. The highest BCUT2D eigenvalue weighted by molar-refractivity contribution is 7.80. The highest BCUT2D eigenvalue weighted by Crippen LogP contribution is 2.39. The second-order valence-corrected chi connectivity index (χ2v) is 4.66. The standard InChI is InChI=1S/C9H18S/c1-6-4-5-7(2)9(6)8(3)10/h6-10H,4-5H2,1-3H3. The fourth-order valence-corrected chi connectivity index (χ4v) is 3.01. The van der Waals surface area contributed by atoms with E-state index in [0.29, 0.717) is 5.25 Å². The predicted octanol–water partition coefficient (Wildman–Crippen LogP) is 2.99. The number of thiol groups is 1. The Morgan fingerprint density at radius 3 is 1.80 bits per heavy atom. The Morgan fingerprint density at radius 2 is 1.60 bits per heavy atom. The average Bonchev–Trinajstić information content (AvgIpc) is 2.11. The van der Waals surface area contributed by atoms with E-state index in [-0.39, 0.29) is 0 Å². The molecule has 0 nitrogen and oxygen atoms in total. The van der Waals surface area contributed by atoms with Crippen molar-refractivity contribution < 1.29 is 0 Å². The number of hydrogen-bond acceptors (Lipinski definition) is 1. The van der Waals surface area contributed by atoms with Gasteiger partial charge in [0, 0.05) is 5.25 Å². The first-order valence-corrected chi connectivity index (χ1v) is 4.82. The second kappa shape index (κ2) is 3.17. The number of rotatable bonds is 1. The summed E-state index contributed by atoms with van der Waals surface area (Å²) in [5.41, 5.74) is 0. The monoisotopic (exact) mass is 158 g/mol. The third-order valence-corrected chi connectivity index (χ3v) is 3.29. The first-order valence-electron chi connectivity index (χ1n) is 4.31. The zero-order chi connectivity index (χ0) is 7.72. The lowest BCUT2D eigenvalue weighted by atomic mass is 9.89. The third-order valence-electron chi connectivity index (χ3n) is 2.95. The third kappa shape index (κ3) is 1.50. The van der Waals surface area contributed by atoms with Gasteiger partial charge in [0.25, 0.3) is 0 Å². The Labute approximate surface area is 69.8 Å². The molecule has 1 rings (SSSR count). The molecule has 1 saturated carbocycles. The molecule has 3 atom stereocenters. The van der Waals surface area contributed by atoms with E-state index in [1.165, 1.54) is 12.8 Å². The molecule has 0 N–H and O–H groups in total. The van der Waals surface area contributed by atoms with Crippen LogP contribution in [0.2, 0.25) is 0 Å². The van der Waals surface area contributed by atoms with Crippen LogP contribution in [-0.4, -0.2) is 5.25 Å². The summed E-state index contributed by atoms with van der Waals surface area (Å²) in [4.78, 5) is 0. The summed E-state index contributed by atoms with van der Waals surface area (Å²) in [6.45, 7) is 6.95. The Bertz CT molecular complexity index is 99.3. The molecule has 10 heavy (non-hydrogen) atoms. The summed E-state index contributed by atoms with van der Waals surface area (Å²) in [7, 11) is 0. The van der Waals surface area contributed by atoms with E-state index >= 15 is 0 Å². The summed E-state index contributed by atoms with van der Waals surface area (Å²) < 4.78 is 0. The van der Waals surface area contributed by atoms with Crippen LogP contribution in [0.3, 0.4) is 0 Å². The maximum absolute atomic E-state index is 4.51. The molecule has 0 aromatic carbocycles. The van der Waals surface area contributed by atoms with E-state index in [0.717, 1.165) is 17.8 Å². The summed E-state index contributed by atoms with van der Waals surface area (Å²) in [6, 6.07) is 0. The first-order chi connectivity index (χ1) is 4.63. The van der Waals surface area contributed by atoms with Gasteiger partial charge in [0.15, 0.2) is 0 Å². The molecule has 3 unspecified atom stereocenters. The van der Waals surface area contributed by atoms with Crippen molar-refractivity contribution in [1.29, 1.82) is 0 Å². The smallest absolute Gasteiger partial charge is 0.00218 e. The lowest BCUT2D eigenvalue weighted by Crippen LogP contribution is -2.19. The largest absolute Gasteiger partial charge is 0.176 e. The minimum absolute atomic E-state index is 0.590. The Hall–Kier alpha value is 0.350. The summed E-state index contributed by atoms with van der Waals surface area (Å²) >= 11 is 4.51.